The van der Waals surface area contributed by atoms with Crippen molar-refractivity contribution in [1.29, 1.82) is 0 Å². The first-order valence-electron chi connectivity index (χ1n) is 9.56. The van der Waals surface area contributed by atoms with Crippen molar-refractivity contribution in [3.05, 3.63) is 58.9 Å². The summed E-state index contributed by atoms with van der Waals surface area (Å²) in [5, 5.41) is 3.25. The number of halogens is 2. The topological polar surface area (TPSA) is 52.7 Å². The summed E-state index contributed by atoms with van der Waals surface area (Å²) in [7, 11) is 0. The Kier molecular flexibility index (Phi) is 6.13. The minimum Gasteiger partial charge on any atom is -0.367 e. The summed E-state index contributed by atoms with van der Waals surface area (Å²) in [6, 6.07) is 10.8. The van der Waals surface area contributed by atoms with Crippen molar-refractivity contribution in [1.82, 2.24) is 4.90 Å². The first kappa shape index (κ1) is 21.1. The number of amides is 2. The van der Waals surface area contributed by atoms with E-state index in [0.717, 1.165) is 5.69 Å². The van der Waals surface area contributed by atoms with Gasteiger partial charge in [-0.1, -0.05) is 38.4 Å². The van der Waals surface area contributed by atoms with Crippen LogP contribution in [0, 0.1) is 11.2 Å². The van der Waals surface area contributed by atoms with Crippen molar-refractivity contribution in [3.8, 4) is 0 Å². The third kappa shape index (κ3) is 5.07. The van der Waals surface area contributed by atoms with Gasteiger partial charge in [-0.15, -0.1) is 0 Å². The van der Waals surface area contributed by atoms with Gasteiger partial charge >= 0.3 is 0 Å². The van der Waals surface area contributed by atoms with E-state index < -0.39 is 11.7 Å². The number of hydrogen-bond acceptors (Lipinski definition) is 3. The number of piperazine rings is 1. The second-order valence-electron chi connectivity index (χ2n) is 8.16. The molecule has 1 aliphatic heterocycles. The number of carbonyl (C=O) groups is 2. The predicted octanol–water partition coefficient (Wildman–Crippen LogP) is 4.43. The Labute approximate surface area is 175 Å². The molecular weight excluding hydrogens is 393 g/mol. The molecule has 0 unspecified atom stereocenters. The van der Waals surface area contributed by atoms with E-state index in [9.17, 15) is 14.0 Å². The highest BCUT2D eigenvalue weighted by atomic mass is 35.5. The minimum atomic E-state index is -0.463. The summed E-state index contributed by atoms with van der Waals surface area (Å²) in [6.07, 6.45) is 0. The van der Waals surface area contributed by atoms with Crippen molar-refractivity contribution in [2.75, 3.05) is 36.4 Å². The molecule has 1 N–H and O–H groups in total. The van der Waals surface area contributed by atoms with E-state index >= 15 is 0 Å². The third-order valence-corrected chi connectivity index (χ3v) is 5.14. The maximum Gasteiger partial charge on any atom is 0.255 e. The van der Waals surface area contributed by atoms with Crippen LogP contribution in [0.1, 0.15) is 31.1 Å². The van der Waals surface area contributed by atoms with Crippen LogP contribution in [0.2, 0.25) is 5.02 Å². The van der Waals surface area contributed by atoms with Crippen molar-refractivity contribution >= 4 is 34.8 Å². The number of anilines is 2. The summed E-state index contributed by atoms with van der Waals surface area (Å²) >= 11 is 6.46. The molecule has 2 aromatic carbocycles. The maximum atomic E-state index is 13.3. The fraction of sp³-hybridized carbons (Fsp3) is 0.364. The average molecular weight is 418 g/mol. The van der Waals surface area contributed by atoms with Crippen molar-refractivity contribution < 1.29 is 14.0 Å². The molecule has 5 nitrogen and oxygen atoms in total. The smallest absolute Gasteiger partial charge is 0.255 e. The Bertz CT molecular complexity index is 919. The number of carbonyl (C=O) groups excluding carboxylic acids is 2. The summed E-state index contributed by atoms with van der Waals surface area (Å²) < 4.78 is 13.3. The fourth-order valence-electron chi connectivity index (χ4n) is 3.30. The number of hydrogen-bond donors (Lipinski definition) is 1. The highest BCUT2D eigenvalue weighted by molar-refractivity contribution is 6.33. The van der Waals surface area contributed by atoms with Gasteiger partial charge in [-0.3, -0.25) is 9.59 Å². The Balaban J connectivity index is 1.64. The molecule has 1 aliphatic rings. The molecule has 3 rings (SSSR count). The monoisotopic (exact) mass is 417 g/mol. The van der Waals surface area contributed by atoms with Crippen LogP contribution in [0.3, 0.4) is 0 Å². The summed E-state index contributed by atoms with van der Waals surface area (Å²) in [4.78, 5) is 28.7. The molecule has 0 saturated carbocycles. The van der Waals surface area contributed by atoms with E-state index in [1.807, 2.05) is 31.7 Å². The fourth-order valence-corrected chi connectivity index (χ4v) is 3.60. The van der Waals surface area contributed by atoms with Gasteiger partial charge in [0.2, 0.25) is 5.91 Å². The van der Waals surface area contributed by atoms with E-state index in [2.05, 4.69) is 10.2 Å². The molecule has 0 spiro atoms. The Morgan fingerprint density at radius 3 is 2.31 bits per heavy atom. The molecule has 2 aromatic rings. The predicted molar refractivity (Wildman–Crippen MR) is 114 cm³/mol. The molecule has 0 atom stereocenters. The zero-order valence-electron chi connectivity index (χ0n) is 16.8. The Morgan fingerprint density at radius 1 is 1.03 bits per heavy atom. The third-order valence-electron chi connectivity index (χ3n) is 4.84. The first-order valence-corrected chi connectivity index (χ1v) is 9.94. The van der Waals surface area contributed by atoms with E-state index in [4.69, 9.17) is 11.6 Å². The van der Waals surface area contributed by atoms with E-state index in [1.165, 1.54) is 18.2 Å². The van der Waals surface area contributed by atoms with Crippen LogP contribution >= 0.6 is 11.6 Å². The van der Waals surface area contributed by atoms with Gasteiger partial charge in [0.05, 0.1) is 10.7 Å². The van der Waals surface area contributed by atoms with Crippen LogP contribution in [-0.2, 0) is 4.79 Å². The van der Waals surface area contributed by atoms with Crippen LogP contribution in [0.4, 0.5) is 15.8 Å². The second kappa shape index (κ2) is 8.41. The molecule has 0 bridgehead atoms. The molecule has 2 amide bonds. The molecule has 7 heteroatoms. The summed E-state index contributed by atoms with van der Waals surface area (Å²) in [5.41, 5.74) is 1.25. The van der Waals surface area contributed by atoms with E-state index in [1.54, 1.807) is 18.2 Å². The lowest BCUT2D eigenvalue weighted by molar-refractivity contribution is -0.139. The molecule has 154 valence electrons. The molecular formula is C22H25ClFN3O2. The lowest BCUT2D eigenvalue weighted by atomic mass is 9.94. The quantitative estimate of drug-likeness (QED) is 0.803. The number of rotatable bonds is 3. The van der Waals surface area contributed by atoms with Crippen molar-refractivity contribution in [2.24, 2.45) is 5.41 Å². The highest BCUT2D eigenvalue weighted by Crippen LogP contribution is 2.30. The van der Waals surface area contributed by atoms with Gasteiger partial charge < -0.3 is 15.1 Å². The SMILES string of the molecule is CC(C)(C)C(=O)N1CCN(c2ccc(NC(=O)c3cccc(F)c3)cc2Cl)CC1. The standard InChI is InChI=1S/C22H25ClFN3O2/c1-22(2,3)21(29)27-11-9-26(10-12-27)19-8-7-17(14-18(19)23)25-20(28)15-5-4-6-16(24)13-15/h4-8,13-14H,9-12H2,1-3H3,(H,25,28). The molecule has 1 fully saturated rings. The zero-order valence-corrected chi connectivity index (χ0v) is 17.6. The van der Waals surface area contributed by atoms with Crippen molar-refractivity contribution in [3.63, 3.8) is 0 Å². The van der Waals surface area contributed by atoms with Crippen LogP contribution in [0.15, 0.2) is 42.5 Å². The highest BCUT2D eigenvalue weighted by Gasteiger charge is 2.30. The van der Waals surface area contributed by atoms with E-state index in [-0.39, 0.29) is 16.9 Å². The largest absolute Gasteiger partial charge is 0.367 e. The van der Waals surface area contributed by atoms with Gasteiger partial charge in [0.15, 0.2) is 0 Å². The van der Waals surface area contributed by atoms with Crippen LogP contribution in [0.25, 0.3) is 0 Å². The van der Waals surface area contributed by atoms with Gasteiger partial charge in [0, 0.05) is 42.8 Å². The van der Waals surface area contributed by atoms with Crippen LogP contribution in [0.5, 0.6) is 0 Å². The lowest BCUT2D eigenvalue weighted by Crippen LogP contribution is -2.51. The second-order valence-corrected chi connectivity index (χ2v) is 8.57. The molecule has 29 heavy (non-hydrogen) atoms. The Hall–Kier alpha value is -2.60. The first-order chi connectivity index (χ1) is 13.6. The number of nitrogens with one attached hydrogen (secondary N) is 1. The maximum absolute atomic E-state index is 13.3. The Morgan fingerprint density at radius 2 is 1.72 bits per heavy atom. The van der Waals surface area contributed by atoms with Gasteiger partial charge in [0.25, 0.3) is 5.91 Å². The van der Waals surface area contributed by atoms with Crippen LogP contribution < -0.4 is 10.2 Å². The lowest BCUT2D eigenvalue weighted by Gasteiger charge is -2.39. The number of nitrogens with zero attached hydrogens (tertiary/aromatic N) is 2. The average Bonchev–Trinajstić information content (AvgIpc) is 2.67. The molecule has 1 heterocycles. The zero-order chi connectivity index (χ0) is 21.2. The van der Waals surface area contributed by atoms with E-state index in [0.29, 0.717) is 36.9 Å². The molecule has 0 aromatic heterocycles. The van der Waals surface area contributed by atoms with Gasteiger partial charge in [-0.25, -0.2) is 4.39 Å². The normalized spacial score (nSPS) is 14.7. The molecule has 0 aliphatic carbocycles. The molecule has 0 radical (unpaired) electrons. The van der Waals surface area contributed by atoms with Crippen molar-refractivity contribution in [2.45, 2.75) is 20.8 Å². The van der Waals surface area contributed by atoms with Crippen LogP contribution in [-0.4, -0.2) is 42.9 Å². The van der Waals surface area contributed by atoms with Gasteiger partial charge in [-0.2, -0.15) is 0 Å². The number of benzene rings is 2. The molecule has 1 saturated heterocycles. The summed E-state index contributed by atoms with van der Waals surface area (Å²) in [6.45, 7) is 8.45. The van der Waals surface area contributed by atoms with Gasteiger partial charge in [-0.05, 0) is 36.4 Å². The van der Waals surface area contributed by atoms with Gasteiger partial charge in [0.1, 0.15) is 5.82 Å². The minimum absolute atomic E-state index is 0.152. The summed E-state index contributed by atoms with van der Waals surface area (Å²) in [5.74, 6) is -0.712.